The number of aryl methyl sites for hydroxylation is 2. The van der Waals surface area contributed by atoms with Gasteiger partial charge in [0.05, 0.1) is 16.3 Å². The van der Waals surface area contributed by atoms with E-state index in [9.17, 15) is 19.3 Å². The summed E-state index contributed by atoms with van der Waals surface area (Å²) < 4.78 is 15.7. The van der Waals surface area contributed by atoms with Crippen LogP contribution < -0.4 is 11.1 Å². The number of nitrogens with zero attached hydrogens (tertiary/aromatic N) is 4. The van der Waals surface area contributed by atoms with Crippen LogP contribution in [0.25, 0.3) is 22.2 Å². The van der Waals surface area contributed by atoms with Crippen molar-refractivity contribution >= 4 is 34.1 Å². The molecule has 9 nitrogen and oxygen atoms in total. The number of benzene rings is 2. The molecule has 0 bridgehead atoms. The molecule has 2 aromatic carbocycles. The Morgan fingerprint density at radius 3 is 2.71 bits per heavy atom. The summed E-state index contributed by atoms with van der Waals surface area (Å²) in [5.74, 6) is -1.16. The number of primary amides is 1. The SMILES string of the molecule is C.CCc1cnc(Nc2cc([N+](=O)[O-])c(F)cc2C)nc1-c1cn(CC(N)=O)c2ccccc12. The molecule has 0 saturated carbocycles. The lowest BCUT2D eigenvalue weighted by Crippen LogP contribution is -2.17. The number of hydrogen-bond donors (Lipinski definition) is 2. The first-order valence-electron chi connectivity index (χ1n) is 10.2. The van der Waals surface area contributed by atoms with Crippen LogP contribution >= 0.6 is 0 Å². The number of carbonyl (C=O) groups is 1. The van der Waals surface area contributed by atoms with Crippen molar-refractivity contribution in [1.29, 1.82) is 0 Å². The Balaban J connectivity index is 0.00000324. The van der Waals surface area contributed by atoms with Gasteiger partial charge in [0, 0.05) is 34.9 Å². The number of rotatable bonds is 7. The molecule has 0 unspecified atom stereocenters. The Kier molecular flexibility index (Phi) is 6.90. The van der Waals surface area contributed by atoms with Crippen LogP contribution in [0.1, 0.15) is 25.5 Å². The van der Waals surface area contributed by atoms with E-state index in [-0.39, 0.29) is 19.9 Å². The Hall–Kier alpha value is -4.34. The summed E-state index contributed by atoms with van der Waals surface area (Å²) in [6, 6.07) is 9.83. The van der Waals surface area contributed by atoms with Crippen molar-refractivity contribution in [3.8, 4) is 11.3 Å². The third-order valence-electron chi connectivity index (χ3n) is 5.35. The molecule has 4 rings (SSSR count). The predicted octanol–water partition coefficient (Wildman–Crippen LogP) is 4.88. The highest BCUT2D eigenvalue weighted by molar-refractivity contribution is 5.96. The van der Waals surface area contributed by atoms with E-state index < -0.39 is 22.3 Å². The van der Waals surface area contributed by atoms with Gasteiger partial charge >= 0.3 is 5.69 Å². The Morgan fingerprint density at radius 1 is 1.29 bits per heavy atom. The van der Waals surface area contributed by atoms with Gasteiger partial charge in [-0.25, -0.2) is 9.97 Å². The van der Waals surface area contributed by atoms with Crippen LogP contribution in [0.5, 0.6) is 0 Å². The number of nitrogens with one attached hydrogen (secondary N) is 1. The maximum absolute atomic E-state index is 13.9. The van der Waals surface area contributed by atoms with Crippen molar-refractivity contribution in [3.63, 3.8) is 0 Å². The minimum absolute atomic E-state index is 0. The minimum Gasteiger partial charge on any atom is -0.368 e. The molecule has 1 amide bonds. The van der Waals surface area contributed by atoms with E-state index >= 15 is 0 Å². The fraction of sp³-hybridized carbons (Fsp3) is 0.208. The van der Waals surface area contributed by atoms with Gasteiger partial charge < -0.3 is 15.6 Å². The molecule has 2 aromatic heterocycles. The van der Waals surface area contributed by atoms with Crippen LogP contribution in [0.2, 0.25) is 0 Å². The molecule has 176 valence electrons. The summed E-state index contributed by atoms with van der Waals surface area (Å²) in [5, 5.41) is 15.0. The zero-order valence-electron chi connectivity index (χ0n) is 18.0. The fourth-order valence-electron chi connectivity index (χ4n) is 3.75. The summed E-state index contributed by atoms with van der Waals surface area (Å²) in [6.45, 7) is 3.63. The zero-order valence-corrected chi connectivity index (χ0v) is 18.0. The maximum atomic E-state index is 13.9. The van der Waals surface area contributed by atoms with Gasteiger partial charge in [0.15, 0.2) is 0 Å². The number of nitro benzene ring substituents is 1. The number of hydrogen-bond acceptors (Lipinski definition) is 6. The number of halogens is 1. The molecule has 4 aromatic rings. The van der Waals surface area contributed by atoms with E-state index in [0.29, 0.717) is 23.4 Å². The van der Waals surface area contributed by atoms with Crippen LogP contribution in [0.15, 0.2) is 48.8 Å². The summed E-state index contributed by atoms with van der Waals surface area (Å²) in [5.41, 5.74) is 8.76. The Labute approximate surface area is 195 Å². The summed E-state index contributed by atoms with van der Waals surface area (Å²) in [6.07, 6.45) is 4.17. The molecule has 0 atom stereocenters. The Bertz CT molecular complexity index is 1400. The standard InChI is InChI=1S/C23H21FN6O3.CH4/c1-3-14-10-26-23(27-18-9-20(30(32)33)17(24)8-13(18)2)28-22(14)16-11-29(12-21(25)31)19-7-5-4-6-15(16)19;/h4-11H,3,12H2,1-2H3,(H2,25,31)(H,26,27,28);1H4. The maximum Gasteiger partial charge on any atom is 0.306 e. The molecular formula is C24H25FN6O3. The molecule has 0 spiro atoms. The first kappa shape index (κ1) is 24.3. The Morgan fingerprint density at radius 2 is 2.03 bits per heavy atom. The lowest BCUT2D eigenvalue weighted by atomic mass is 10.0. The first-order chi connectivity index (χ1) is 15.8. The second-order valence-corrected chi connectivity index (χ2v) is 7.58. The van der Waals surface area contributed by atoms with E-state index in [4.69, 9.17) is 5.73 Å². The zero-order chi connectivity index (χ0) is 23.7. The lowest BCUT2D eigenvalue weighted by Gasteiger charge is -2.12. The van der Waals surface area contributed by atoms with Crippen LogP contribution in [-0.2, 0) is 17.8 Å². The molecule has 0 aliphatic heterocycles. The van der Waals surface area contributed by atoms with Crippen molar-refractivity contribution in [2.75, 3.05) is 5.32 Å². The molecule has 0 radical (unpaired) electrons. The summed E-state index contributed by atoms with van der Waals surface area (Å²) >= 11 is 0. The molecule has 0 aliphatic rings. The molecular weight excluding hydrogens is 439 g/mol. The highest BCUT2D eigenvalue weighted by Crippen LogP contribution is 2.33. The number of aromatic nitrogens is 3. The van der Waals surface area contributed by atoms with E-state index in [0.717, 1.165) is 34.2 Å². The molecule has 10 heteroatoms. The normalized spacial score (nSPS) is 10.7. The number of nitro groups is 1. The van der Waals surface area contributed by atoms with E-state index in [2.05, 4.69) is 15.3 Å². The number of amides is 1. The highest BCUT2D eigenvalue weighted by Gasteiger charge is 2.19. The van der Waals surface area contributed by atoms with E-state index in [1.807, 2.05) is 37.4 Å². The van der Waals surface area contributed by atoms with Crippen LogP contribution in [0, 0.1) is 22.9 Å². The third kappa shape index (κ3) is 4.56. The van der Waals surface area contributed by atoms with Crippen LogP contribution in [0.3, 0.4) is 0 Å². The quantitative estimate of drug-likeness (QED) is 0.296. The van der Waals surface area contributed by atoms with Gasteiger partial charge in [-0.15, -0.1) is 0 Å². The van der Waals surface area contributed by atoms with E-state index in [1.54, 1.807) is 17.7 Å². The van der Waals surface area contributed by atoms with Crippen molar-refractivity contribution < 1.29 is 14.1 Å². The van der Waals surface area contributed by atoms with Crippen LogP contribution in [0.4, 0.5) is 21.7 Å². The van der Waals surface area contributed by atoms with Crippen LogP contribution in [-0.4, -0.2) is 25.4 Å². The molecule has 3 N–H and O–H groups in total. The molecule has 2 heterocycles. The average molecular weight is 465 g/mol. The number of carbonyl (C=O) groups excluding carboxylic acids is 1. The van der Waals surface area contributed by atoms with Crippen molar-refractivity contribution in [3.05, 3.63) is 75.9 Å². The molecule has 34 heavy (non-hydrogen) atoms. The second kappa shape index (κ2) is 9.65. The van der Waals surface area contributed by atoms with Crippen molar-refractivity contribution in [2.45, 2.75) is 34.2 Å². The number of para-hydroxylation sites is 1. The topological polar surface area (TPSA) is 129 Å². The van der Waals surface area contributed by atoms with E-state index in [1.165, 1.54) is 0 Å². The van der Waals surface area contributed by atoms with Gasteiger partial charge in [0.25, 0.3) is 0 Å². The minimum atomic E-state index is -0.909. The monoisotopic (exact) mass is 464 g/mol. The lowest BCUT2D eigenvalue weighted by molar-refractivity contribution is -0.387. The predicted molar refractivity (Wildman–Crippen MR) is 129 cm³/mol. The van der Waals surface area contributed by atoms with Crippen molar-refractivity contribution in [1.82, 2.24) is 14.5 Å². The molecule has 0 saturated heterocycles. The van der Waals surface area contributed by atoms with Crippen molar-refractivity contribution in [2.24, 2.45) is 5.73 Å². The first-order valence-corrected chi connectivity index (χ1v) is 10.2. The summed E-state index contributed by atoms with van der Waals surface area (Å²) in [7, 11) is 0. The van der Waals surface area contributed by atoms with Gasteiger partial charge in [-0.1, -0.05) is 32.5 Å². The molecule has 0 aliphatic carbocycles. The molecule has 0 fully saturated rings. The number of anilines is 2. The number of nitrogens with two attached hydrogens (primary N) is 1. The highest BCUT2D eigenvalue weighted by atomic mass is 19.1. The smallest absolute Gasteiger partial charge is 0.306 e. The fourth-order valence-corrected chi connectivity index (χ4v) is 3.75. The van der Waals surface area contributed by atoms with Gasteiger partial charge in [-0.05, 0) is 36.6 Å². The van der Waals surface area contributed by atoms with Gasteiger partial charge in [0.2, 0.25) is 17.7 Å². The van der Waals surface area contributed by atoms with Gasteiger partial charge in [-0.2, -0.15) is 4.39 Å². The number of fused-ring (bicyclic) bond motifs is 1. The largest absolute Gasteiger partial charge is 0.368 e. The average Bonchev–Trinajstić information content (AvgIpc) is 3.13. The van der Waals surface area contributed by atoms with Gasteiger partial charge in [-0.3, -0.25) is 14.9 Å². The van der Waals surface area contributed by atoms with Gasteiger partial charge in [0.1, 0.15) is 6.54 Å². The second-order valence-electron chi connectivity index (χ2n) is 7.58. The third-order valence-corrected chi connectivity index (χ3v) is 5.35. The summed E-state index contributed by atoms with van der Waals surface area (Å²) in [4.78, 5) is 30.9.